The SMILES string of the molecule is O=C1NOCc2c(-c3ccc([C@@H]4CCNC4)cc3)[nH]c3cccc1c23. The first kappa shape index (κ1) is 14.7. The molecule has 126 valence electrons. The Kier molecular flexibility index (Phi) is 3.36. The summed E-state index contributed by atoms with van der Waals surface area (Å²) in [5.41, 5.74) is 8.67. The van der Waals surface area contributed by atoms with Crippen LogP contribution < -0.4 is 10.8 Å². The molecule has 0 spiro atoms. The van der Waals surface area contributed by atoms with Gasteiger partial charge < -0.3 is 10.3 Å². The highest BCUT2D eigenvalue weighted by Crippen LogP contribution is 2.35. The molecule has 2 aromatic carbocycles. The molecular weight excluding hydrogens is 314 g/mol. The number of hydrogen-bond donors (Lipinski definition) is 3. The third kappa shape index (κ3) is 2.35. The molecular formula is C20H19N3O2. The fourth-order valence-electron chi connectivity index (χ4n) is 3.99. The normalized spacial score (nSPS) is 19.8. The molecule has 2 aliphatic heterocycles. The topological polar surface area (TPSA) is 66.2 Å². The van der Waals surface area contributed by atoms with E-state index in [0.29, 0.717) is 18.1 Å². The lowest BCUT2D eigenvalue weighted by Gasteiger charge is -2.10. The van der Waals surface area contributed by atoms with Crippen LogP contribution in [0.3, 0.4) is 0 Å². The Morgan fingerprint density at radius 2 is 1.96 bits per heavy atom. The number of amides is 1. The van der Waals surface area contributed by atoms with Crippen molar-refractivity contribution in [1.29, 1.82) is 0 Å². The molecule has 3 heterocycles. The molecule has 0 radical (unpaired) electrons. The lowest BCUT2D eigenvalue weighted by Crippen LogP contribution is -2.21. The number of carbonyl (C=O) groups excluding carboxylic acids is 1. The van der Waals surface area contributed by atoms with E-state index in [2.05, 4.69) is 40.0 Å². The van der Waals surface area contributed by atoms with E-state index in [1.807, 2.05) is 18.2 Å². The lowest BCUT2D eigenvalue weighted by atomic mass is 9.96. The van der Waals surface area contributed by atoms with Gasteiger partial charge in [-0.15, -0.1) is 0 Å². The quantitative estimate of drug-likeness (QED) is 0.675. The molecule has 1 saturated heterocycles. The summed E-state index contributed by atoms with van der Waals surface area (Å²) < 4.78 is 0. The summed E-state index contributed by atoms with van der Waals surface area (Å²) in [4.78, 5) is 21.0. The minimum absolute atomic E-state index is 0.195. The number of aromatic nitrogens is 1. The Morgan fingerprint density at radius 3 is 2.76 bits per heavy atom. The van der Waals surface area contributed by atoms with E-state index in [1.54, 1.807) is 0 Å². The molecule has 2 aliphatic rings. The van der Waals surface area contributed by atoms with E-state index in [0.717, 1.165) is 40.8 Å². The first-order chi connectivity index (χ1) is 12.3. The Balaban J connectivity index is 1.62. The number of hydrogen-bond acceptors (Lipinski definition) is 3. The molecule has 1 amide bonds. The van der Waals surface area contributed by atoms with Gasteiger partial charge in [0.05, 0.1) is 11.3 Å². The summed E-state index contributed by atoms with van der Waals surface area (Å²) >= 11 is 0. The van der Waals surface area contributed by atoms with Crippen molar-refractivity contribution in [2.75, 3.05) is 13.1 Å². The number of carbonyl (C=O) groups is 1. The maximum absolute atomic E-state index is 12.2. The average Bonchev–Trinajstić information content (AvgIpc) is 3.26. The monoisotopic (exact) mass is 333 g/mol. The Labute approximate surface area is 145 Å². The van der Waals surface area contributed by atoms with Crippen LogP contribution in [0, 0.1) is 0 Å². The number of nitrogens with one attached hydrogen (secondary N) is 3. The van der Waals surface area contributed by atoms with E-state index in [9.17, 15) is 4.79 Å². The first-order valence-corrected chi connectivity index (χ1v) is 8.68. The van der Waals surface area contributed by atoms with E-state index in [1.165, 1.54) is 12.0 Å². The maximum atomic E-state index is 12.2. The molecule has 1 aromatic heterocycles. The van der Waals surface area contributed by atoms with Gasteiger partial charge >= 0.3 is 0 Å². The van der Waals surface area contributed by atoms with Gasteiger partial charge in [0.1, 0.15) is 6.61 Å². The molecule has 5 rings (SSSR count). The van der Waals surface area contributed by atoms with Crippen molar-refractivity contribution < 1.29 is 9.63 Å². The highest BCUT2D eigenvalue weighted by molar-refractivity contribution is 6.09. The van der Waals surface area contributed by atoms with Gasteiger partial charge in [0.2, 0.25) is 0 Å². The second-order valence-electron chi connectivity index (χ2n) is 6.74. The van der Waals surface area contributed by atoms with Crippen molar-refractivity contribution >= 4 is 16.8 Å². The number of hydroxylamine groups is 1. The molecule has 0 unspecified atom stereocenters. The van der Waals surface area contributed by atoms with Gasteiger partial charge in [-0.3, -0.25) is 9.63 Å². The smallest absolute Gasteiger partial charge is 0.275 e. The van der Waals surface area contributed by atoms with Crippen LogP contribution in [0.2, 0.25) is 0 Å². The fraction of sp³-hybridized carbons (Fsp3) is 0.250. The van der Waals surface area contributed by atoms with E-state index < -0.39 is 0 Å². The summed E-state index contributed by atoms with van der Waals surface area (Å²) in [6.07, 6.45) is 1.20. The van der Waals surface area contributed by atoms with Crippen LogP contribution in [0.15, 0.2) is 42.5 Å². The molecule has 0 aliphatic carbocycles. The second-order valence-corrected chi connectivity index (χ2v) is 6.74. The third-order valence-corrected chi connectivity index (χ3v) is 5.28. The summed E-state index contributed by atoms with van der Waals surface area (Å²) in [5, 5.41) is 4.37. The zero-order chi connectivity index (χ0) is 16.8. The van der Waals surface area contributed by atoms with Crippen molar-refractivity contribution in [3.63, 3.8) is 0 Å². The van der Waals surface area contributed by atoms with Crippen LogP contribution in [-0.2, 0) is 11.4 Å². The van der Waals surface area contributed by atoms with Crippen molar-refractivity contribution in [2.24, 2.45) is 0 Å². The summed E-state index contributed by atoms with van der Waals surface area (Å²) in [5.74, 6) is 0.411. The lowest BCUT2D eigenvalue weighted by molar-refractivity contribution is 0.0256. The van der Waals surface area contributed by atoms with Gasteiger partial charge in [-0.25, -0.2) is 5.48 Å². The van der Waals surface area contributed by atoms with Gasteiger partial charge in [-0.2, -0.15) is 0 Å². The summed E-state index contributed by atoms with van der Waals surface area (Å²) in [7, 11) is 0. The number of H-pyrrole nitrogens is 1. The molecule has 0 bridgehead atoms. The Morgan fingerprint density at radius 1 is 1.08 bits per heavy atom. The second kappa shape index (κ2) is 5.72. The van der Waals surface area contributed by atoms with Gasteiger partial charge in [0.15, 0.2) is 0 Å². The molecule has 3 aromatic rings. The van der Waals surface area contributed by atoms with E-state index >= 15 is 0 Å². The largest absolute Gasteiger partial charge is 0.354 e. The zero-order valence-corrected chi connectivity index (χ0v) is 13.8. The van der Waals surface area contributed by atoms with E-state index in [-0.39, 0.29) is 5.91 Å². The summed E-state index contributed by atoms with van der Waals surface area (Å²) in [6.45, 7) is 2.51. The summed E-state index contributed by atoms with van der Waals surface area (Å²) in [6, 6.07) is 14.5. The molecule has 3 N–H and O–H groups in total. The van der Waals surface area contributed by atoms with Gasteiger partial charge in [0.25, 0.3) is 5.91 Å². The molecule has 25 heavy (non-hydrogen) atoms. The van der Waals surface area contributed by atoms with Crippen LogP contribution in [-0.4, -0.2) is 24.0 Å². The molecule has 1 fully saturated rings. The molecule has 5 nitrogen and oxygen atoms in total. The Hall–Kier alpha value is -2.63. The van der Waals surface area contributed by atoms with Crippen molar-refractivity contribution in [3.8, 4) is 11.3 Å². The minimum Gasteiger partial charge on any atom is -0.354 e. The predicted molar refractivity (Wildman–Crippen MR) is 96.2 cm³/mol. The fourth-order valence-corrected chi connectivity index (χ4v) is 3.99. The standard InChI is InChI=1S/C20H19N3O2/c24-20-15-2-1-3-17-18(15)16(11-25-23-20)19(22-17)13-6-4-12(5-7-13)14-8-9-21-10-14/h1-7,14,21-22H,8-11H2,(H,23,24)/t14-/m1/s1. The number of aromatic amines is 1. The van der Waals surface area contributed by atoms with Crippen molar-refractivity contribution in [1.82, 2.24) is 15.8 Å². The Bertz CT molecular complexity index is 953. The highest BCUT2D eigenvalue weighted by Gasteiger charge is 2.23. The van der Waals surface area contributed by atoms with E-state index in [4.69, 9.17) is 4.84 Å². The number of rotatable bonds is 2. The molecule has 0 saturated carbocycles. The molecule has 1 atom stereocenters. The zero-order valence-electron chi connectivity index (χ0n) is 13.8. The van der Waals surface area contributed by atoms with Gasteiger partial charge in [-0.05, 0) is 42.1 Å². The average molecular weight is 333 g/mol. The van der Waals surface area contributed by atoms with Crippen molar-refractivity contribution in [3.05, 3.63) is 59.2 Å². The number of benzene rings is 2. The third-order valence-electron chi connectivity index (χ3n) is 5.28. The van der Waals surface area contributed by atoms with Crippen LogP contribution in [0.1, 0.15) is 33.8 Å². The van der Waals surface area contributed by atoms with Crippen LogP contribution >= 0.6 is 0 Å². The van der Waals surface area contributed by atoms with Gasteiger partial charge in [-0.1, -0.05) is 30.3 Å². The first-order valence-electron chi connectivity index (χ1n) is 8.68. The van der Waals surface area contributed by atoms with Crippen LogP contribution in [0.25, 0.3) is 22.2 Å². The van der Waals surface area contributed by atoms with Crippen LogP contribution in [0.5, 0.6) is 0 Å². The minimum atomic E-state index is -0.195. The van der Waals surface area contributed by atoms with Crippen LogP contribution in [0.4, 0.5) is 0 Å². The predicted octanol–water partition coefficient (Wildman–Crippen LogP) is 3.09. The van der Waals surface area contributed by atoms with Crippen molar-refractivity contribution in [2.45, 2.75) is 18.9 Å². The molecule has 5 heteroatoms. The highest BCUT2D eigenvalue weighted by atomic mass is 16.6. The van der Waals surface area contributed by atoms with Gasteiger partial charge in [0, 0.05) is 23.0 Å². The maximum Gasteiger partial charge on any atom is 0.275 e.